The quantitative estimate of drug-likeness (QED) is 0.848. The van der Waals surface area contributed by atoms with Gasteiger partial charge in [0.05, 0.1) is 18.9 Å². The first-order valence-corrected chi connectivity index (χ1v) is 5.84. The van der Waals surface area contributed by atoms with Crippen LogP contribution in [0.15, 0.2) is 36.7 Å². The molecular weight excluding hydrogens is 230 g/mol. The highest BCUT2D eigenvalue weighted by Crippen LogP contribution is 2.22. The van der Waals surface area contributed by atoms with Crippen LogP contribution in [0.1, 0.15) is 6.92 Å². The summed E-state index contributed by atoms with van der Waals surface area (Å²) in [5.74, 6) is 1.58. The molecule has 1 aromatic heterocycles. The lowest BCUT2D eigenvalue weighted by atomic mass is 10.3. The van der Waals surface area contributed by atoms with Gasteiger partial charge in [-0.15, -0.1) is 0 Å². The Balaban J connectivity index is 2.00. The minimum atomic E-state index is 0.223. The molecule has 5 nitrogen and oxygen atoms in total. The Labute approximate surface area is 106 Å². The summed E-state index contributed by atoms with van der Waals surface area (Å²) in [5.41, 5.74) is 0. The standard InChI is InChI=1S/C13H17N3O2/c1-10(14-2)8-16-9-13(7-15-16)18-12-5-3-11(17)4-6-12/h3-7,9-10,14,17H,8H2,1-2H3. The van der Waals surface area contributed by atoms with Gasteiger partial charge in [0.25, 0.3) is 0 Å². The summed E-state index contributed by atoms with van der Waals surface area (Å²) in [4.78, 5) is 0. The van der Waals surface area contributed by atoms with E-state index in [2.05, 4.69) is 17.3 Å². The van der Waals surface area contributed by atoms with Gasteiger partial charge in [0.15, 0.2) is 5.75 Å². The van der Waals surface area contributed by atoms with E-state index < -0.39 is 0 Å². The molecule has 0 aliphatic carbocycles. The molecule has 0 fully saturated rings. The molecule has 5 heteroatoms. The summed E-state index contributed by atoms with van der Waals surface area (Å²) in [6.07, 6.45) is 3.52. The number of hydrogen-bond acceptors (Lipinski definition) is 4. The third kappa shape index (κ3) is 3.24. The second-order valence-corrected chi connectivity index (χ2v) is 4.18. The number of rotatable bonds is 5. The smallest absolute Gasteiger partial charge is 0.165 e. The van der Waals surface area contributed by atoms with Crippen molar-refractivity contribution in [1.82, 2.24) is 15.1 Å². The molecule has 1 atom stereocenters. The lowest BCUT2D eigenvalue weighted by Gasteiger charge is -2.09. The predicted octanol–water partition coefficient (Wildman–Crippen LogP) is 1.99. The zero-order valence-electron chi connectivity index (χ0n) is 10.5. The maximum Gasteiger partial charge on any atom is 0.165 e. The van der Waals surface area contributed by atoms with Crippen LogP contribution in [0.3, 0.4) is 0 Å². The molecule has 1 heterocycles. The molecule has 0 saturated heterocycles. The van der Waals surface area contributed by atoms with Crippen molar-refractivity contribution in [2.75, 3.05) is 7.05 Å². The van der Waals surface area contributed by atoms with Gasteiger partial charge in [0, 0.05) is 6.04 Å². The van der Waals surface area contributed by atoms with Gasteiger partial charge in [-0.05, 0) is 38.2 Å². The second kappa shape index (κ2) is 5.55. The summed E-state index contributed by atoms with van der Waals surface area (Å²) in [6.45, 7) is 2.87. The van der Waals surface area contributed by atoms with Crippen LogP contribution in [0.2, 0.25) is 0 Å². The Kier molecular flexibility index (Phi) is 3.84. The largest absolute Gasteiger partial charge is 0.508 e. The number of likely N-dealkylation sites (N-methyl/N-ethyl adjacent to an activating group) is 1. The first-order valence-electron chi connectivity index (χ1n) is 5.84. The Morgan fingerprint density at radius 2 is 2.06 bits per heavy atom. The highest BCUT2D eigenvalue weighted by molar-refractivity contribution is 5.33. The van der Waals surface area contributed by atoms with E-state index in [1.807, 2.05) is 17.9 Å². The van der Waals surface area contributed by atoms with Crippen molar-refractivity contribution in [3.63, 3.8) is 0 Å². The van der Waals surface area contributed by atoms with E-state index in [0.717, 1.165) is 6.54 Å². The van der Waals surface area contributed by atoms with Crippen LogP contribution in [-0.2, 0) is 6.54 Å². The highest BCUT2D eigenvalue weighted by atomic mass is 16.5. The molecule has 0 amide bonds. The number of hydrogen-bond donors (Lipinski definition) is 2. The van der Waals surface area contributed by atoms with E-state index in [4.69, 9.17) is 4.74 Å². The van der Waals surface area contributed by atoms with Gasteiger partial charge in [-0.2, -0.15) is 5.10 Å². The summed E-state index contributed by atoms with van der Waals surface area (Å²) in [7, 11) is 1.92. The molecule has 2 aromatic rings. The summed E-state index contributed by atoms with van der Waals surface area (Å²) in [6, 6.07) is 6.95. The lowest BCUT2D eigenvalue weighted by molar-refractivity contribution is 0.460. The van der Waals surface area contributed by atoms with Crippen LogP contribution in [-0.4, -0.2) is 28.0 Å². The normalized spacial score (nSPS) is 12.3. The Hall–Kier alpha value is -2.01. The van der Waals surface area contributed by atoms with Crippen molar-refractivity contribution >= 4 is 0 Å². The number of phenols is 1. The van der Waals surface area contributed by atoms with Crippen molar-refractivity contribution in [3.05, 3.63) is 36.7 Å². The Morgan fingerprint density at radius 3 is 2.72 bits per heavy atom. The van der Waals surface area contributed by atoms with E-state index in [1.165, 1.54) is 0 Å². The number of phenolic OH excluding ortho intramolecular Hbond substituents is 1. The molecule has 0 aliphatic rings. The van der Waals surface area contributed by atoms with E-state index in [9.17, 15) is 5.11 Å². The molecule has 0 spiro atoms. The third-order valence-electron chi connectivity index (χ3n) is 2.64. The van der Waals surface area contributed by atoms with Crippen LogP contribution < -0.4 is 10.1 Å². The highest BCUT2D eigenvalue weighted by Gasteiger charge is 2.04. The van der Waals surface area contributed by atoms with Crippen LogP contribution in [0.4, 0.5) is 0 Å². The summed E-state index contributed by atoms with van der Waals surface area (Å²) in [5, 5.41) is 16.5. The van der Waals surface area contributed by atoms with Crippen molar-refractivity contribution in [3.8, 4) is 17.2 Å². The van der Waals surface area contributed by atoms with Gasteiger partial charge < -0.3 is 15.2 Å². The molecule has 0 radical (unpaired) electrons. The molecule has 1 unspecified atom stereocenters. The number of nitrogens with zero attached hydrogens (tertiary/aromatic N) is 2. The summed E-state index contributed by atoms with van der Waals surface area (Å²) >= 11 is 0. The number of nitrogens with one attached hydrogen (secondary N) is 1. The fourth-order valence-electron chi connectivity index (χ4n) is 1.52. The van der Waals surface area contributed by atoms with E-state index in [1.54, 1.807) is 30.5 Å². The molecule has 0 saturated carbocycles. The molecule has 0 bridgehead atoms. The molecule has 0 aliphatic heterocycles. The maximum atomic E-state index is 9.17. The topological polar surface area (TPSA) is 59.3 Å². The van der Waals surface area contributed by atoms with Gasteiger partial charge in [0.2, 0.25) is 0 Å². The zero-order chi connectivity index (χ0) is 13.0. The molecule has 96 valence electrons. The van der Waals surface area contributed by atoms with Crippen LogP contribution >= 0.6 is 0 Å². The molecule has 1 aromatic carbocycles. The lowest BCUT2D eigenvalue weighted by Crippen LogP contribution is -2.26. The molecule has 2 rings (SSSR count). The Bertz CT molecular complexity index is 493. The Morgan fingerprint density at radius 1 is 1.33 bits per heavy atom. The molecular formula is C13H17N3O2. The second-order valence-electron chi connectivity index (χ2n) is 4.18. The van der Waals surface area contributed by atoms with E-state index >= 15 is 0 Å². The number of benzene rings is 1. The predicted molar refractivity (Wildman–Crippen MR) is 68.9 cm³/mol. The minimum absolute atomic E-state index is 0.223. The monoisotopic (exact) mass is 247 g/mol. The molecule has 18 heavy (non-hydrogen) atoms. The maximum absolute atomic E-state index is 9.17. The number of ether oxygens (including phenoxy) is 1. The number of aromatic nitrogens is 2. The van der Waals surface area contributed by atoms with E-state index in [0.29, 0.717) is 17.5 Å². The average Bonchev–Trinajstić information content (AvgIpc) is 2.79. The van der Waals surface area contributed by atoms with Crippen LogP contribution in [0, 0.1) is 0 Å². The van der Waals surface area contributed by atoms with Crippen molar-refractivity contribution in [1.29, 1.82) is 0 Å². The third-order valence-corrected chi connectivity index (χ3v) is 2.64. The van der Waals surface area contributed by atoms with Crippen molar-refractivity contribution in [2.45, 2.75) is 19.5 Å². The fraction of sp³-hybridized carbons (Fsp3) is 0.308. The van der Waals surface area contributed by atoms with Crippen LogP contribution in [0.25, 0.3) is 0 Å². The van der Waals surface area contributed by atoms with Gasteiger partial charge in [0.1, 0.15) is 11.5 Å². The SMILES string of the molecule is CNC(C)Cn1cc(Oc2ccc(O)cc2)cn1. The van der Waals surface area contributed by atoms with Crippen LogP contribution in [0.5, 0.6) is 17.2 Å². The van der Waals surface area contributed by atoms with Gasteiger partial charge in [-0.1, -0.05) is 0 Å². The molecule has 2 N–H and O–H groups in total. The van der Waals surface area contributed by atoms with Gasteiger partial charge in [-0.25, -0.2) is 0 Å². The first-order chi connectivity index (χ1) is 8.67. The first kappa shape index (κ1) is 12.4. The average molecular weight is 247 g/mol. The van der Waals surface area contributed by atoms with Crippen molar-refractivity contribution < 1.29 is 9.84 Å². The zero-order valence-corrected chi connectivity index (χ0v) is 10.5. The van der Waals surface area contributed by atoms with Crippen molar-refractivity contribution in [2.24, 2.45) is 0 Å². The number of aromatic hydroxyl groups is 1. The minimum Gasteiger partial charge on any atom is -0.508 e. The fourth-order valence-corrected chi connectivity index (χ4v) is 1.52. The van der Waals surface area contributed by atoms with Gasteiger partial charge >= 0.3 is 0 Å². The van der Waals surface area contributed by atoms with Gasteiger partial charge in [-0.3, -0.25) is 4.68 Å². The van der Waals surface area contributed by atoms with E-state index in [-0.39, 0.29) is 5.75 Å². The summed E-state index contributed by atoms with van der Waals surface area (Å²) < 4.78 is 7.44.